The van der Waals surface area contributed by atoms with Gasteiger partial charge in [0, 0.05) is 6.42 Å². The molecule has 0 aromatic heterocycles. The van der Waals surface area contributed by atoms with Crippen LogP contribution in [0, 0.1) is 0 Å². The highest BCUT2D eigenvalue weighted by Gasteiger charge is 2.36. The second-order valence-corrected chi connectivity index (χ2v) is 3.59. The molecule has 0 saturated carbocycles. The summed E-state index contributed by atoms with van der Waals surface area (Å²) in [5.74, 6) is 0. The van der Waals surface area contributed by atoms with E-state index in [1.54, 1.807) is 0 Å². The van der Waals surface area contributed by atoms with Gasteiger partial charge in [0.15, 0.2) is 0 Å². The third kappa shape index (κ3) is 2.61. The molecule has 0 aromatic carbocycles. The number of unbranched alkanes of at least 4 members (excludes halogenated alkanes) is 1. The van der Waals surface area contributed by atoms with Crippen molar-refractivity contribution in [1.29, 1.82) is 0 Å². The zero-order chi connectivity index (χ0) is 9.73. The largest absolute Gasteiger partial charge is 0.508 e. The highest BCUT2D eigenvalue weighted by atomic mass is 16.7. The number of hydrogen-bond donors (Lipinski definition) is 0. The SMILES string of the molecule is CCCCC1(CC)CCOC(=O)O1. The van der Waals surface area contributed by atoms with Crippen molar-refractivity contribution in [2.45, 2.75) is 51.6 Å². The summed E-state index contributed by atoms with van der Waals surface area (Å²) in [7, 11) is 0. The molecule has 0 aliphatic carbocycles. The van der Waals surface area contributed by atoms with Crippen LogP contribution in [0.15, 0.2) is 0 Å². The van der Waals surface area contributed by atoms with E-state index in [0.29, 0.717) is 6.61 Å². The zero-order valence-corrected chi connectivity index (χ0v) is 8.47. The Labute approximate surface area is 79.4 Å². The lowest BCUT2D eigenvalue weighted by atomic mass is 9.90. The molecule has 0 radical (unpaired) electrons. The van der Waals surface area contributed by atoms with Crippen LogP contribution in [0.2, 0.25) is 0 Å². The molecule has 1 aliphatic rings. The summed E-state index contributed by atoms with van der Waals surface area (Å²) in [6, 6.07) is 0. The summed E-state index contributed by atoms with van der Waals surface area (Å²) in [5, 5.41) is 0. The molecule has 1 atom stereocenters. The second-order valence-electron chi connectivity index (χ2n) is 3.59. The maximum atomic E-state index is 11.0. The first kappa shape index (κ1) is 10.4. The van der Waals surface area contributed by atoms with Crippen LogP contribution in [0.3, 0.4) is 0 Å². The molecule has 1 rings (SSSR count). The molecule has 3 heteroatoms. The number of carbonyl (C=O) groups excluding carboxylic acids is 1. The third-order valence-corrected chi connectivity index (χ3v) is 2.71. The average Bonchev–Trinajstić information content (AvgIpc) is 2.15. The van der Waals surface area contributed by atoms with Crippen molar-refractivity contribution in [3.05, 3.63) is 0 Å². The van der Waals surface area contributed by atoms with Gasteiger partial charge in [0.05, 0.1) is 6.61 Å². The first-order valence-electron chi connectivity index (χ1n) is 5.08. The maximum absolute atomic E-state index is 11.0. The Morgan fingerprint density at radius 3 is 2.77 bits per heavy atom. The van der Waals surface area contributed by atoms with Crippen molar-refractivity contribution in [3.8, 4) is 0 Å². The van der Waals surface area contributed by atoms with E-state index in [2.05, 4.69) is 13.8 Å². The van der Waals surface area contributed by atoms with Gasteiger partial charge in [-0.25, -0.2) is 4.79 Å². The first-order valence-corrected chi connectivity index (χ1v) is 5.08. The Balaban J connectivity index is 2.51. The molecule has 0 bridgehead atoms. The van der Waals surface area contributed by atoms with Gasteiger partial charge in [-0.3, -0.25) is 0 Å². The van der Waals surface area contributed by atoms with Crippen LogP contribution in [0.1, 0.15) is 46.0 Å². The van der Waals surface area contributed by atoms with Gasteiger partial charge in [-0.15, -0.1) is 0 Å². The van der Waals surface area contributed by atoms with Gasteiger partial charge in [-0.05, 0) is 19.3 Å². The Morgan fingerprint density at radius 1 is 1.46 bits per heavy atom. The molecule has 1 aliphatic heterocycles. The van der Waals surface area contributed by atoms with E-state index in [9.17, 15) is 4.79 Å². The molecular weight excluding hydrogens is 168 g/mol. The number of ether oxygens (including phenoxy) is 2. The molecule has 0 amide bonds. The normalized spacial score (nSPS) is 28.0. The number of hydrogen-bond acceptors (Lipinski definition) is 3. The third-order valence-electron chi connectivity index (χ3n) is 2.71. The number of carbonyl (C=O) groups is 1. The maximum Gasteiger partial charge on any atom is 0.508 e. The van der Waals surface area contributed by atoms with Crippen LogP contribution in [-0.4, -0.2) is 18.4 Å². The molecule has 76 valence electrons. The van der Waals surface area contributed by atoms with E-state index in [1.165, 1.54) is 0 Å². The van der Waals surface area contributed by atoms with Gasteiger partial charge in [0.1, 0.15) is 5.60 Å². The number of rotatable bonds is 4. The summed E-state index contributed by atoms with van der Waals surface area (Å²) < 4.78 is 10.0. The first-order chi connectivity index (χ1) is 6.22. The molecule has 1 heterocycles. The Bertz CT molecular complexity index is 179. The van der Waals surface area contributed by atoms with Crippen LogP contribution in [-0.2, 0) is 9.47 Å². The minimum atomic E-state index is -0.496. The van der Waals surface area contributed by atoms with E-state index in [0.717, 1.165) is 32.1 Å². The van der Waals surface area contributed by atoms with Crippen molar-refractivity contribution in [3.63, 3.8) is 0 Å². The van der Waals surface area contributed by atoms with Crippen molar-refractivity contribution >= 4 is 6.16 Å². The van der Waals surface area contributed by atoms with Crippen LogP contribution < -0.4 is 0 Å². The molecule has 13 heavy (non-hydrogen) atoms. The van der Waals surface area contributed by atoms with Crippen molar-refractivity contribution in [2.75, 3.05) is 6.61 Å². The molecule has 0 spiro atoms. The predicted molar refractivity (Wildman–Crippen MR) is 49.6 cm³/mol. The van der Waals surface area contributed by atoms with Crippen LogP contribution in [0.25, 0.3) is 0 Å². The lowest BCUT2D eigenvalue weighted by molar-refractivity contribution is -0.0914. The molecule has 1 saturated heterocycles. The lowest BCUT2D eigenvalue weighted by Crippen LogP contribution is -2.40. The molecule has 0 aromatic rings. The standard InChI is InChI=1S/C10H18O3/c1-3-5-6-10(4-2)7-8-12-9(11)13-10/h3-8H2,1-2H3. The fourth-order valence-electron chi connectivity index (χ4n) is 1.68. The molecule has 0 N–H and O–H groups in total. The Hall–Kier alpha value is -0.730. The highest BCUT2D eigenvalue weighted by molar-refractivity contribution is 5.61. The Kier molecular flexibility index (Phi) is 3.58. The Morgan fingerprint density at radius 2 is 2.23 bits per heavy atom. The lowest BCUT2D eigenvalue weighted by Gasteiger charge is -2.35. The van der Waals surface area contributed by atoms with E-state index in [1.807, 2.05) is 0 Å². The highest BCUT2D eigenvalue weighted by Crippen LogP contribution is 2.30. The summed E-state index contributed by atoms with van der Waals surface area (Å²) >= 11 is 0. The van der Waals surface area contributed by atoms with Gasteiger partial charge in [-0.1, -0.05) is 20.3 Å². The summed E-state index contributed by atoms with van der Waals surface area (Å²) in [6.07, 6.45) is 4.46. The quantitative estimate of drug-likeness (QED) is 0.633. The van der Waals surface area contributed by atoms with Gasteiger partial charge < -0.3 is 9.47 Å². The molecule has 1 fully saturated rings. The molecular formula is C10H18O3. The summed E-state index contributed by atoms with van der Waals surface area (Å²) in [5.41, 5.74) is -0.231. The van der Waals surface area contributed by atoms with Crippen molar-refractivity contribution in [2.24, 2.45) is 0 Å². The van der Waals surface area contributed by atoms with Crippen molar-refractivity contribution < 1.29 is 14.3 Å². The van der Waals surface area contributed by atoms with Crippen LogP contribution in [0.4, 0.5) is 4.79 Å². The van der Waals surface area contributed by atoms with Crippen molar-refractivity contribution in [1.82, 2.24) is 0 Å². The van der Waals surface area contributed by atoms with Gasteiger partial charge in [-0.2, -0.15) is 0 Å². The minimum absolute atomic E-state index is 0.231. The topological polar surface area (TPSA) is 35.5 Å². The van der Waals surface area contributed by atoms with Crippen LogP contribution >= 0.6 is 0 Å². The summed E-state index contributed by atoms with van der Waals surface area (Å²) in [4.78, 5) is 11.0. The van der Waals surface area contributed by atoms with E-state index in [4.69, 9.17) is 9.47 Å². The van der Waals surface area contributed by atoms with Gasteiger partial charge in [0.2, 0.25) is 0 Å². The summed E-state index contributed by atoms with van der Waals surface area (Å²) in [6.45, 7) is 4.72. The molecule has 3 nitrogen and oxygen atoms in total. The zero-order valence-electron chi connectivity index (χ0n) is 8.47. The fraction of sp³-hybridized carbons (Fsp3) is 0.900. The average molecular weight is 186 g/mol. The van der Waals surface area contributed by atoms with E-state index >= 15 is 0 Å². The van der Waals surface area contributed by atoms with E-state index < -0.39 is 6.16 Å². The fourth-order valence-corrected chi connectivity index (χ4v) is 1.68. The number of cyclic esters (lactones) is 2. The van der Waals surface area contributed by atoms with Gasteiger partial charge >= 0.3 is 6.16 Å². The monoisotopic (exact) mass is 186 g/mol. The minimum Gasteiger partial charge on any atom is -0.434 e. The predicted octanol–water partition coefficient (Wildman–Crippen LogP) is 2.88. The second kappa shape index (κ2) is 4.49. The van der Waals surface area contributed by atoms with Crippen LogP contribution in [0.5, 0.6) is 0 Å². The van der Waals surface area contributed by atoms with E-state index in [-0.39, 0.29) is 5.60 Å². The molecule has 1 unspecified atom stereocenters. The smallest absolute Gasteiger partial charge is 0.434 e. The van der Waals surface area contributed by atoms with Gasteiger partial charge in [0.25, 0.3) is 0 Å².